The second-order valence-electron chi connectivity index (χ2n) is 8.13. The van der Waals surface area contributed by atoms with Gasteiger partial charge in [0.15, 0.2) is 0 Å². The number of hydrogen-bond donors (Lipinski definition) is 1. The Hall–Kier alpha value is -0.700. The summed E-state index contributed by atoms with van der Waals surface area (Å²) in [5.74, 6) is 2.67. The standard InChI is InChI=1S/C19H30O3/c1-13(20)12-14-2-4-15(5-3-14)16-8-10-19(11-9-16)17(21)6-7-18(19)22/h13-16,20H,2-12H2,1H3. The summed E-state index contributed by atoms with van der Waals surface area (Å²) in [6, 6.07) is 0. The molecular weight excluding hydrogens is 276 g/mol. The van der Waals surface area contributed by atoms with Crippen LogP contribution in [0.25, 0.3) is 0 Å². The molecule has 1 N–H and O–H groups in total. The van der Waals surface area contributed by atoms with Gasteiger partial charge in [-0.15, -0.1) is 0 Å². The SMILES string of the molecule is CC(O)CC1CCC(C2CCC3(CC2)C(=O)CCC3=O)CC1. The Morgan fingerprint density at radius 2 is 1.45 bits per heavy atom. The first-order valence-electron chi connectivity index (χ1n) is 9.26. The van der Waals surface area contributed by atoms with Crippen LogP contribution in [-0.4, -0.2) is 22.8 Å². The highest BCUT2D eigenvalue weighted by atomic mass is 16.3. The number of hydrogen-bond acceptors (Lipinski definition) is 3. The molecule has 0 radical (unpaired) electrons. The predicted octanol–water partition coefficient (Wildman–Crippen LogP) is 3.67. The van der Waals surface area contributed by atoms with Crippen LogP contribution in [0.3, 0.4) is 0 Å². The molecule has 3 aliphatic carbocycles. The molecule has 0 heterocycles. The van der Waals surface area contributed by atoms with Crippen molar-refractivity contribution in [3.63, 3.8) is 0 Å². The van der Waals surface area contributed by atoms with Crippen molar-refractivity contribution < 1.29 is 14.7 Å². The molecule has 3 heteroatoms. The van der Waals surface area contributed by atoms with Crippen LogP contribution in [-0.2, 0) is 9.59 Å². The Bertz CT molecular complexity index is 406. The zero-order valence-corrected chi connectivity index (χ0v) is 13.9. The Morgan fingerprint density at radius 3 is 1.95 bits per heavy atom. The van der Waals surface area contributed by atoms with E-state index in [1.807, 2.05) is 6.92 Å². The van der Waals surface area contributed by atoms with Gasteiger partial charge in [-0.2, -0.15) is 0 Å². The zero-order valence-electron chi connectivity index (χ0n) is 13.9. The van der Waals surface area contributed by atoms with Gasteiger partial charge in [0, 0.05) is 12.8 Å². The van der Waals surface area contributed by atoms with Crippen molar-refractivity contribution in [1.29, 1.82) is 0 Å². The van der Waals surface area contributed by atoms with Crippen molar-refractivity contribution in [2.75, 3.05) is 0 Å². The third kappa shape index (κ3) is 3.02. The molecule has 1 spiro atoms. The maximum absolute atomic E-state index is 12.1. The number of aliphatic hydroxyl groups is 1. The molecule has 3 fully saturated rings. The lowest BCUT2D eigenvalue weighted by molar-refractivity contribution is -0.138. The minimum atomic E-state index is -0.556. The minimum absolute atomic E-state index is 0.171. The van der Waals surface area contributed by atoms with Crippen LogP contribution in [0.2, 0.25) is 0 Å². The molecular formula is C19H30O3. The molecule has 3 aliphatic rings. The number of ketones is 2. The van der Waals surface area contributed by atoms with E-state index < -0.39 is 5.41 Å². The van der Waals surface area contributed by atoms with E-state index in [4.69, 9.17) is 0 Å². The third-order valence-electron chi connectivity index (χ3n) is 6.76. The second-order valence-corrected chi connectivity index (χ2v) is 8.13. The highest BCUT2D eigenvalue weighted by Gasteiger charge is 2.51. The average Bonchev–Trinajstić information content (AvgIpc) is 2.77. The number of carbonyl (C=O) groups excluding carboxylic acids is 2. The molecule has 0 bridgehead atoms. The fourth-order valence-corrected chi connectivity index (χ4v) is 5.40. The Labute approximate surface area is 133 Å². The summed E-state index contributed by atoms with van der Waals surface area (Å²) in [6.45, 7) is 1.89. The molecule has 0 aromatic heterocycles. The van der Waals surface area contributed by atoms with E-state index in [-0.39, 0.29) is 17.7 Å². The second kappa shape index (κ2) is 6.43. The summed E-state index contributed by atoms with van der Waals surface area (Å²) in [4.78, 5) is 24.3. The fourth-order valence-electron chi connectivity index (χ4n) is 5.40. The number of carbonyl (C=O) groups is 2. The van der Waals surface area contributed by atoms with Crippen molar-refractivity contribution in [2.24, 2.45) is 23.2 Å². The molecule has 0 aromatic carbocycles. The molecule has 0 aliphatic heterocycles. The molecule has 124 valence electrons. The maximum atomic E-state index is 12.1. The largest absolute Gasteiger partial charge is 0.393 e. The smallest absolute Gasteiger partial charge is 0.146 e. The summed E-state index contributed by atoms with van der Waals surface area (Å²) in [5, 5.41) is 9.52. The molecule has 0 aromatic rings. The zero-order chi connectivity index (χ0) is 15.7. The van der Waals surface area contributed by atoms with Crippen molar-refractivity contribution in [3.05, 3.63) is 0 Å². The van der Waals surface area contributed by atoms with Gasteiger partial charge in [0.25, 0.3) is 0 Å². The van der Waals surface area contributed by atoms with E-state index in [9.17, 15) is 14.7 Å². The van der Waals surface area contributed by atoms with Crippen molar-refractivity contribution in [2.45, 2.75) is 83.7 Å². The van der Waals surface area contributed by atoms with Gasteiger partial charge in [0.1, 0.15) is 11.6 Å². The average molecular weight is 306 g/mol. The molecule has 0 saturated heterocycles. The van der Waals surface area contributed by atoms with E-state index >= 15 is 0 Å². The summed E-state index contributed by atoms with van der Waals surface area (Å²) in [7, 11) is 0. The van der Waals surface area contributed by atoms with Crippen molar-refractivity contribution >= 4 is 11.6 Å². The van der Waals surface area contributed by atoms with E-state index in [0.29, 0.717) is 18.8 Å². The van der Waals surface area contributed by atoms with Gasteiger partial charge < -0.3 is 5.11 Å². The lowest BCUT2D eigenvalue weighted by Gasteiger charge is -2.40. The quantitative estimate of drug-likeness (QED) is 0.809. The topological polar surface area (TPSA) is 54.4 Å². The number of Topliss-reactive ketones (excluding diaryl/α,β-unsaturated/α-hetero) is 2. The lowest BCUT2D eigenvalue weighted by Crippen LogP contribution is -2.39. The van der Waals surface area contributed by atoms with Gasteiger partial charge >= 0.3 is 0 Å². The first kappa shape index (κ1) is 16.2. The number of rotatable bonds is 3. The van der Waals surface area contributed by atoms with Crippen molar-refractivity contribution in [3.8, 4) is 0 Å². The summed E-state index contributed by atoms with van der Waals surface area (Å²) in [6.07, 6.45) is 10.6. The Morgan fingerprint density at radius 1 is 0.955 bits per heavy atom. The van der Waals surface area contributed by atoms with Crippen LogP contribution in [0.15, 0.2) is 0 Å². The van der Waals surface area contributed by atoms with E-state index in [2.05, 4.69) is 0 Å². The molecule has 1 atom stereocenters. The summed E-state index contributed by atoms with van der Waals surface area (Å²) >= 11 is 0. The minimum Gasteiger partial charge on any atom is -0.393 e. The monoisotopic (exact) mass is 306 g/mol. The predicted molar refractivity (Wildman–Crippen MR) is 85.4 cm³/mol. The van der Waals surface area contributed by atoms with E-state index in [0.717, 1.165) is 43.9 Å². The van der Waals surface area contributed by atoms with Gasteiger partial charge in [-0.1, -0.05) is 12.8 Å². The first-order valence-corrected chi connectivity index (χ1v) is 9.26. The highest BCUT2D eigenvalue weighted by Crippen LogP contribution is 2.49. The maximum Gasteiger partial charge on any atom is 0.146 e. The normalized spacial score (nSPS) is 34.3. The Kier molecular flexibility index (Phi) is 4.72. The molecule has 1 unspecified atom stereocenters. The molecule has 3 saturated carbocycles. The van der Waals surface area contributed by atoms with Crippen molar-refractivity contribution in [1.82, 2.24) is 0 Å². The molecule has 0 amide bonds. The van der Waals surface area contributed by atoms with Gasteiger partial charge in [-0.3, -0.25) is 9.59 Å². The molecule has 22 heavy (non-hydrogen) atoms. The van der Waals surface area contributed by atoms with Crippen LogP contribution in [0.1, 0.15) is 77.6 Å². The van der Waals surface area contributed by atoms with Crippen LogP contribution in [0.5, 0.6) is 0 Å². The molecule has 3 rings (SSSR count). The summed E-state index contributed by atoms with van der Waals surface area (Å²) < 4.78 is 0. The molecule has 3 nitrogen and oxygen atoms in total. The lowest BCUT2D eigenvalue weighted by atomic mass is 9.63. The van der Waals surface area contributed by atoms with Crippen LogP contribution in [0.4, 0.5) is 0 Å². The number of aliphatic hydroxyl groups excluding tert-OH is 1. The van der Waals surface area contributed by atoms with Crippen LogP contribution >= 0.6 is 0 Å². The first-order chi connectivity index (χ1) is 10.5. The highest BCUT2D eigenvalue weighted by molar-refractivity contribution is 6.12. The van der Waals surface area contributed by atoms with Gasteiger partial charge in [0.2, 0.25) is 0 Å². The third-order valence-corrected chi connectivity index (χ3v) is 6.76. The van der Waals surface area contributed by atoms with E-state index in [1.54, 1.807) is 0 Å². The van der Waals surface area contributed by atoms with Gasteiger partial charge in [-0.05, 0) is 69.6 Å². The van der Waals surface area contributed by atoms with Crippen LogP contribution in [0, 0.1) is 23.2 Å². The fraction of sp³-hybridized carbons (Fsp3) is 0.895. The van der Waals surface area contributed by atoms with Crippen LogP contribution < -0.4 is 0 Å². The Balaban J connectivity index is 1.50. The van der Waals surface area contributed by atoms with E-state index in [1.165, 1.54) is 25.7 Å². The summed E-state index contributed by atoms with van der Waals surface area (Å²) in [5.41, 5.74) is -0.556. The van der Waals surface area contributed by atoms with Gasteiger partial charge in [-0.25, -0.2) is 0 Å². The van der Waals surface area contributed by atoms with Gasteiger partial charge in [0.05, 0.1) is 11.5 Å².